The van der Waals surface area contributed by atoms with E-state index in [4.69, 9.17) is 5.11 Å². The molecule has 12 heavy (non-hydrogen) atoms. The van der Waals surface area contributed by atoms with Crippen LogP contribution in [-0.2, 0) is 9.59 Å². The largest absolute Gasteiger partial charge is 0.478 e. The lowest BCUT2D eigenvalue weighted by Gasteiger charge is -1.98. The van der Waals surface area contributed by atoms with E-state index in [1.54, 1.807) is 6.92 Å². The van der Waals surface area contributed by atoms with Crippen LogP contribution < -0.4 is 5.32 Å². The molecule has 0 spiro atoms. The van der Waals surface area contributed by atoms with Crippen LogP contribution in [0.1, 0.15) is 6.92 Å². The van der Waals surface area contributed by atoms with Crippen LogP contribution in [0.4, 0.5) is 0 Å². The Morgan fingerprint density at radius 1 is 1.50 bits per heavy atom. The van der Waals surface area contributed by atoms with E-state index >= 15 is 0 Å². The van der Waals surface area contributed by atoms with Crippen molar-refractivity contribution in [2.45, 2.75) is 6.92 Å². The van der Waals surface area contributed by atoms with Crippen molar-refractivity contribution in [2.75, 3.05) is 6.54 Å². The number of amides is 1. The standard InChI is InChI=1S/C8H11NO3/c1-6(2)5-9-7(10)3-4-8(11)12/h3-4H,1,5H2,2H3,(H,9,10)(H,11,12)/b4-3+. The fourth-order valence-electron chi connectivity index (χ4n) is 0.444. The number of carboxylic acids is 1. The second-order valence-electron chi connectivity index (χ2n) is 2.35. The molecular formula is C8H11NO3. The maximum atomic E-state index is 10.7. The van der Waals surface area contributed by atoms with Gasteiger partial charge in [-0.2, -0.15) is 0 Å². The van der Waals surface area contributed by atoms with Crippen LogP contribution in [0.25, 0.3) is 0 Å². The Hall–Kier alpha value is -1.58. The maximum absolute atomic E-state index is 10.7. The number of carboxylic acid groups (broad SMARTS) is 1. The number of rotatable bonds is 4. The molecule has 0 rings (SSSR count). The van der Waals surface area contributed by atoms with E-state index in [1.807, 2.05) is 0 Å². The lowest BCUT2D eigenvalue weighted by atomic mass is 10.3. The van der Waals surface area contributed by atoms with Crippen LogP contribution in [-0.4, -0.2) is 23.5 Å². The predicted octanol–water partition coefficient (Wildman–Crippen LogP) is 0.319. The summed E-state index contributed by atoms with van der Waals surface area (Å²) >= 11 is 0. The summed E-state index contributed by atoms with van der Waals surface area (Å²) in [6.45, 7) is 5.70. The first kappa shape index (κ1) is 10.4. The zero-order chi connectivity index (χ0) is 9.56. The van der Waals surface area contributed by atoms with Crippen LogP contribution in [0.15, 0.2) is 24.3 Å². The Bertz CT molecular complexity index is 230. The molecular weight excluding hydrogens is 158 g/mol. The van der Waals surface area contributed by atoms with Gasteiger partial charge in [-0.3, -0.25) is 4.79 Å². The molecule has 0 unspecified atom stereocenters. The van der Waals surface area contributed by atoms with E-state index in [2.05, 4.69) is 11.9 Å². The lowest BCUT2D eigenvalue weighted by molar-refractivity contribution is -0.131. The third-order valence-electron chi connectivity index (χ3n) is 0.942. The predicted molar refractivity (Wildman–Crippen MR) is 44.6 cm³/mol. The molecule has 2 N–H and O–H groups in total. The number of aliphatic carboxylic acids is 1. The van der Waals surface area contributed by atoms with Gasteiger partial charge in [-0.05, 0) is 6.92 Å². The van der Waals surface area contributed by atoms with Crippen molar-refractivity contribution < 1.29 is 14.7 Å². The molecule has 0 aromatic rings. The normalized spacial score (nSPS) is 9.75. The maximum Gasteiger partial charge on any atom is 0.328 e. The van der Waals surface area contributed by atoms with Crippen LogP contribution in [0.3, 0.4) is 0 Å². The van der Waals surface area contributed by atoms with E-state index in [0.717, 1.165) is 17.7 Å². The summed E-state index contributed by atoms with van der Waals surface area (Å²) in [6, 6.07) is 0. The molecule has 0 aliphatic carbocycles. The number of carbonyl (C=O) groups excluding carboxylic acids is 1. The smallest absolute Gasteiger partial charge is 0.328 e. The van der Waals surface area contributed by atoms with E-state index in [1.165, 1.54) is 0 Å². The number of hydrogen-bond acceptors (Lipinski definition) is 2. The van der Waals surface area contributed by atoms with Crippen molar-refractivity contribution >= 4 is 11.9 Å². The Morgan fingerprint density at radius 2 is 2.08 bits per heavy atom. The molecule has 4 nitrogen and oxygen atoms in total. The van der Waals surface area contributed by atoms with Crippen molar-refractivity contribution in [3.63, 3.8) is 0 Å². The summed E-state index contributed by atoms with van der Waals surface area (Å²) in [5.74, 6) is -1.57. The van der Waals surface area contributed by atoms with Crippen molar-refractivity contribution in [2.24, 2.45) is 0 Å². The SMILES string of the molecule is C=C(C)CNC(=O)/C=C/C(=O)O. The van der Waals surface area contributed by atoms with Crippen LogP contribution in [0.5, 0.6) is 0 Å². The summed E-state index contributed by atoms with van der Waals surface area (Å²) in [5.41, 5.74) is 0.812. The monoisotopic (exact) mass is 169 g/mol. The van der Waals surface area contributed by atoms with E-state index in [-0.39, 0.29) is 0 Å². The summed E-state index contributed by atoms with van der Waals surface area (Å²) in [7, 11) is 0. The number of hydrogen-bond donors (Lipinski definition) is 2. The Morgan fingerprint density at radius 3 is 2.50 bits per heavy atom. The molecule has 1 amide bonds. The Balaban J connectivity index is 3.75. The molecule has 0 bridgehead atoms. The summed E-state index contributed by atoms with van der Waals surface area (Å²) in [4.78, 5) is 20.7. The van der Waals surface area contributed by atoms with Gasteiger partial charge in [-0.1, -0.05) is 12.2 Å². The van der Waals surface area contributed by atoms with Gasteiger partial charge in [-0.25, -0.2) is 4.79 Å². The van der Waals surface area contributed by atoms with Gasteiger partial charge in [0.2, 0.25) is 5.91 Å². The topological polar surface area (TPSA) is 66.4 Å². The molecule has 0 aromatic carbocycles. The fraction of sp³-hybridized carbons (Fsp3) is 0.250. The van der Waals surface area contributed by atoms with Gasteiger partial charge in [0.25, 0.3) is 0 Å². The van der Waals surface area contributed by atoms with E-state index in [9.17, 15) is 9.59 Å². The molecule has 0 saturated heterocycles. The number of nitrogens with one attached hydrogen (secondary N) is 1. The van der Waals surface area contributed by atoms with Crippen molar-refractivity contribution in [1.82, 2.24) is 5.32 Å². The highest BCUT2D eigenvalue weighted by molar-refractivity contribution is 5.93. The van der Waals surface area contributed by atoms with Gasteiger partial charge in [0.15, 0.2) is 0 Å². The second kappa shape index (κ2) is 5.12. The van der Waals surface area contributed by atoms with Crippen LogP contribution >= 0.6 is 0 Å². The van der Waals surface area contributed by atoms with Gasteiger partial charge in [0.1, 0.15) is 0 Å². The molecule has 0 aliphatic heterocycles. The van der Waals surface area contributed by atoms with Crippen molar-refractivity contribution in [3.05, 3.63) is 24.3 Å². The quantitative estimate of drug-likeness (QED) is 0.470. The molecule has 0 aliphatic rings. The minimum Gasteiger partial charge on any atom is -0.478 e. The molecule has 0 heterocycles. The first-order chi connectivity index (χ1) is 5.52. The summed E-state index contributed by atoms with van der Waals surface area (Å²) in [5, 5.41) is 10.6. The zero-order valence-electron chi connectivity index (χ0n) is 6.83. The van der Waals surface area contributed by atoms with Crippen molar-refractivity contribution in [3.8, 4) is 0 Å². The third-order valence-corrected chi connectivity index (χ3v) is 0.942. The highest BCUT2D eigenvalue weighted by atomic mass is 16.4. The fourth-order valence-corrected chi connectivity index (χ4v) is 0.444. The average Bonchev–Trinajstić information content (AvgIpc) is 1.96. The van der Waals surface area contributed by atoms with E-state index in [0.29, 0.717) is 6.54 Å². The molecule has 4 heteroatoms. The Kier molecular flexibility index (Phi) is 4.45. The van der Waals surface area contributed by atoms with Gasteiger partial charge in [0, 0.05) is 18.7 Å². The minimum absolute atomic E-state index is 0.364. The lowest BCUT2D eigenvalue weighted by Crippen LogP contribution is -2.22. The summed E-state index contributed by atoms with van der Waals surface area (Å²) < 4.78 is 0. The molecule has 0 atom stereocenters. The van der Waals surface area contributed by atoms with Crippen LogP contribution in [0, 0.1) is 0 Å². The average molecular weight is 169 g/mol. The second-order valence-corrected chi connectivity index (χ2v) is 2.35. The molecule has 66 valence electrons. The highest BCUT2D eigenvalue weighted by Gasteiger charge is 1.94. The molecule has 0 fully saturated rings. The van der Waals surface area contributed by atoms with Gasteiger partial charge >= 0.3 is 5.97 Å². The first-order valence-corrected chi connectivity index (χ1v) is 3.35. The van der Waals surface area contributed by atoms with E-state index < -0.39 is 11.9 Å². The summed E-state index contributed by atoms with van der Waals surface area (Å²) in [6.07, 6.45) is 1.75. The zero-order valence-corrected chi connectivity index (χ0v) is 6.83. The Labute approximate surface area is 70.6 Å². The highest BCUT2D eigenvalue weighted by Crippen LogP contribution is 1.82. The number of carbonyl (C=O) groups is 2. The van der Waals surface area contributed by atoms with Crippen LogP contribution in [0.2, 0.25) is 0 Å². The molecule has 0 aromatic heterocycles. The van der Waals surface area contributed by atoms with Gasteiger partial charge in [-0.15, -0.1) is 0 Å². The third kappa shape index (κ3) is 6.54. The first-order valence-electron chi connectivity index (χ1n) is 3.35. The minimum atomic E-state index is -1.14. The van der Waals surface area contributed by atoms with Gasteiger partial charge in [0.05, 0.1) is 0 Å². The van der Waals surface area contributed by atoms with Crippen molar-refractivity contribution in [1.29, 1.82) is 0 Å². The molecule has 0 saturated carbocycles. The molecule has 0 radical (unpaired) electrons. The van der Waals surface area contributed by atoms with Gasteiger partial charge < -0.3 is 10.4 Å².